The van der Waals surface area contributed by atoms with Crippen molar-refractivity contribution in [3.05, 3.63) is 90.4 Å². The molecule has 3 N–H and O–H groups in total. The van der Waals surface area contributed by atoms with Crippen LogP contribution < -0.4 is 15.4 Å². The fourth-order valence-corrected chi connectivity index (χ4v) is 3.54. The van der Waals surface area contributed by atoms with E-state index in [0.717, 1.165) is 27.8 Å². The van der Waals surface area contributed by atoms with Crippen LogP contribution in [0.15, 0.2) is 79.3 Å². The number of para-hydroxylation sites is 1. The number of urea groups is 1. The van der Waals surface area contributed by atoms with E-state index in [-0.39, 0.29) is 11.9 Å². The molecule has 0 bridgehead atoms. The first-order valence-corrected chi connectivity index (χ1v) is 9.98. The van der Waals surface area contributed by atoms with Gasteiger partial charge < -0.3 is 20.4 Å². The summed E-state index contributed by atoms with van der Waals surface area (Å²) in [5.74, 6) is 0.750. The van der Waals surface area contributed by atoms with Gasteiger partial charge in [-0.3, -0.25) is 4.98 Å². The predicted octanol–water partition coefficient (Wildman–Crippen LogP) is 4.92. The van der Waals surface area contributed by atoms with Gasteiger partial charge in [-0.25, -0.2) is 4.79 Å². The van der Waals surface area contributed by atoms with Crippen LogP contribution in [-0.4, -0.2) is 29.2 Å². The monoisotopic (exact) mass is 400 g/mol. The van der Waals surface area contributed by atoms with E-state index in [1.165, 1.54) is 0 Å². The van der Waals surface area contributed by atoms with Gasteiger partial charge in [0.1, 0.15) is 5.75 Å². The van der Waals surface area contributed by atoms with Crippen LogP contribution in [0.5, 0.6) is 5.75 Å². The number of anilines is 1. The van der Waals surface area contributed by atoms with E-state index < -0.39 is 0 Å². The molecule has 1 atom stereocenters. The maximum atomic E-state index is 12.5. The summed E-state index contributed by atoms with van der Waals surface area (Å²) in [5.41, 5.74) is 3.95. The highest BCUT2D eigenvalue weighted by atomic mass is 16.5. The third-order valence-electron chi connectivity index (χ3n) is 4.97. The second kappa shape index (κ2) is 9.13. The molecule has 152 valence electrons. The number of nitrogens with one attached hydrogen (secondary N) is 3. The molecule has 4 aromatic rings. The van der Waals surface area contributed by atoms with Gasteiger partial charge in [-0.05, 0) is 54.4 Å². The number of pyridine rings is 1. The number of benzene rings is 2. The fourth-order valence-electron chi connectivity index (χ4n) is 3.54. The SMILES string of the molecule is CCOc1ccc(NC(=O)NC[C@H](c2cccnc2)c2c[nH]c3ccccc23)cc1. The van der Waals surface area contributed by atoms with Gasteiger partial charge in [-0.15, -0.1) is 0 Å². The van der Waals surface area contributed by atoms with Crippen molar-refractivity contribution in [1.29, 1.82) is 0 Å². The number of hydrogen-bond donors (Lipinski definition) is 3. The third-order valence-corrected chi connectivity index (χ3v) is 4.97. The second-order valence-electron chi connectivity index (χ2n) is 6.92. The van der Waals surface area contributed by atoms with Crippen LogP contribution in [0.4, 0.5) is 10.5 Å². The van der Waals surface area contributed by atoms with Crippen LogP contribution >= 0.6 is 0 Å². The average Bonchev–Trinajstić information content (AvgIpc) is 3.20. The number of ether oxygens (including phenoxy) is 1. The molecule has 2 aromatic carbocycles. The maximum absolute atomic E-state index is 12.5. The van der Waals surface area contributed by atoms with E-state index in [1.54, 1.807) is 6.20 Å². The van der Waals surface area contributed by atoms with Gasteiger partial charge in [-0.2, -0.15) is 0 Å². The van der Waals surface area contributed by atoms with Gasteiger partial charge in [0, 0.05) is 47.6 Å². The Kier molecular flexibility index (Phi) is 5.94. The second-order valence-corrected chi connectivity index (χ2v) is 6.92. The number of nitrogens with zero attached hydrogens (tertiary/aromatic N) is 1. The molecular formula is C24H24N4O2. The number of carbonyl (C=O) groups is 1. The Morgan fingerprint density at radius 2 is 1.93 bits per heavy atom. The summed E-state index contributed by atoms with van der Waals surface area (Å²) in [7, 11) is 0. The molecule has 2 heterocycles. The van der Waals surface area contributed by atoms with Crippen molar-refractivity contribution >= 4 is 22.6 Å². The molecule has 30 heavy (non-hydrogen) atoms. The van der Waals surface area contributed by atoms with Crippen molar-refractivity contribution < 1.29 is 9.53 Å². The lowest BCUT2D eigenvalue weighted by Gasteiger charge is -2.18. The molecule has 0 spiro atoms. The molecule has 0 radical (unpaired) electrons. The summed E-state index contributed by atoms with van der Waals surface area (Å²) < 4.78 is 5.43. The van der Waals surface area contributed by atoms with Crippen molar-refractivity contribution in [3.63, 3.8) is 0 Å². The lowest BCUT2D eigenvalue weighted by molar-refractivity contribution is 0.252. The normalized spacial score (nSPS) is 11.8. The van der Waals surface area contributed by atoms with E-state index >= 15 is 0 Å². The van der Waals surface area contributed by atoms with E-state index in [0.29, 0.717) is 18.8 Å². The fraction of sp³-hybridized carbons (Fsp3) is 0.167. The molecule has 0 saturated carbocycles. The molecule has 0 aliphatic rings. The predicted molar refractivity (Wildman–Crippen MR) is 119 cm³/mol. The lowest BCUT2D eigenvalue weighted by atomic mass is 9.92. The van der Waals surface area contributed by atoms with Crippen LogP contribution in [-0.2, 0) is 0 Å². The van der Waals surface area contributed by atoms with Gasteiger partial charge in [0.15, 0.2) is 0 Å². The quantitative estimate of drug-likeness (QED) is 0.412. The molecule has 0 unspecified atom stereocenters. The highest BCUT2D eigenvalue weighted by molar-refractivity contribution is 5.89. The number of aromatic amines is 1. The summed E-state index contributed by atoms with van der Waals surface area (Å²) in [6.07, 6.45) is 5.61. The number of carbonyl (C=O) groups excluding carboxylic acids is 1. The summed E-state index contributed by atoms with van der Waals surface area (Å²) in [6.45, 7) is 2.99. The van der Waals surface area contributed by atoms with Crippen molar-refractivity contribution in [1.82, 2.24) is 15.3 Å². The van der Waals surface area contributed by atoms with Gasteiger partial charge in [0.25, 0.3) is 0 Å². The minimum atomic E-state index is -0.257. The number of rotatable bonds is 7. The number of H-pyrrole nitrogens is 1. The van der Waals surface area contributed by atoms with Gasteiger partial charge in [0.2, 0.25) is 0 Å². The van der Waals surface area contributed by atoms with Crippen LogP contribution in [0.3, 0.4) is 0 Å². The molecule has 2 aromatic heterocycles. The zero-order valence-corrected chi connectivity index (χ0v) is 16.8. The topological polar surface area (TPSA) is 79.0 Å². The van der Waals surface area contributed by atoms with E-state index in [4.69, 9.17) is 4.74 Å². The Morgan fingerprint density at radius 1 is 1.10 bits per heavy atom. The summed E-state index contributed by atoms with van der Waals surface area (Å²) >= 11 is 0. The first-order chi connectivity index (χ1) is 14.7. The van der Waals surface area contributed by atoms with Crippen LogP contribution in [0.1, 0.15) is 24.0 Å². The minimum absolute atomic E-state index is 0.0269. The molecule has 6 heteroatoms. The maximum Gasteiger partial charge on any atom is 0.319 e. The Labute approximate surface area is 175 Å². The number of amides is 2. The molecule has 2 amide bonds. The Morgan fingerprint density at radius 3 is 2.70 bits per heavy atom. The molecule has 4 rings (SSSR count). The third kappa shape index (κ3) is 4.43. The average molecular weight is 400 g/mol. The summed E-state index contributed by atoms with van der Waals surface area (Å²) in [6, 6.07) is 19.2. The first kappa shape index (κ1) is 19.5. The smallest absolute Gasteiger partial charge is 0.319 e. The van der Waals surface area contributed by atoms with E-state index in [2.05, 4.69) is 26.7 Å². The molecule has 0 aliphatic heterocycles. The largest absolute Gasteiger partial charge is 0.494 e. The van der Waals surface area contributed by atoms with E-state index in [9.17, 15) is 4.79 Å². The lowest BCUT2D eigenvalue weighted by Crippen LogP contribution is -2.32. The summed E-state index contributed by atoms with van der Waals surface area (Å²) in [4.78, 5) is 20.1. The number of fused-ring (bicyclic) bond motifs is 1. The number of aromatic nitrogens is 2. The van der Waals surface area contributed by atoms with Gasteiger partial charge >= 0.3 is 6.03 Å². The molecule has 0 aliphatic carbocycles. The zero-order valence-electron chi connectivity index (χ0n) is 16.8. The van der Waals surface area contributed by atoms with Crippen molar-refractivity contribution in [2.24, 2.45) is 0 Å². The van der Waals surface area contributed by atoms with Crippen molar-refractivity contribution in [2.75, 3.05) is 18.5 Å². The van der Waals surface area contributed by atoms with Crippen LogP contribution in [0.2, 0.25) is 0 Å². The highest BCUT2D eigenvalue weighted by Crippen LogP contribution is 2.30. The van der Waals surface area contributed by atoms with Crippen LogP contribution in [0.25, 0.3) is 10.9 Å². The van der Waals surface area contributed by atoms with E-state index in [1.807, 2.05) is 73.9 Å². The molecule has 0 fully saturated rings. The van der Waals surface area contributed by atoms with Gasteiger partial charge in [-0.1, -0.05) is 24.3 Å². The van der Waals surface area contributed by atoms with Crippen LogP contribution in [0, 0.1) is 0 Å². The minimum Gasteiger partial charge on any atom is -0.494 e. The zero-order chi connectivity index (χ0) is 20.8. The first-order valence-electron chi connectivity index (χ1n) is 9.98. The molecule has 6 nitrogen and oxygen atoms in total. The van der Waals surface area contributed by atoms with Crippen molar-refractivity contribution in [2.45, 2.75) is 12.8 Å². The number of hydrogen-bond acceptors (Lipinski definition) is 3. The standard InChI is InChI=1S/C24H24N4O2/c1-2-30-19-11-9-18(10-12-19)28-24(29)27-15-21(17-6-5-13-25-14-17)22-16-26-23-8-4-3-7-20(22)23/h3-14,16,21,26H,2,15H2,1H3,(H2,27,28,29)/t21-/m1/s1. The molecular weight excluding hydrogens is 376 g/mol. The summed E-state index contributed by atoms with van der Waals surface area (Å²) in [5, 5.41) is 7.01. The Bertz CT molecular complexity index is 1110. The Balaban J connectivity index is 1.49. The van der Waals surface area contributed by atoms with Crippen molar-refractivity contribution in [3.8, 4) is 5.75 Å². The highest BCUT2D eigenvalue weighted by Gasteiger charge is 2.19. The molecule has 0 saturated heterocycles. The Hall–Kier alpha value is -3.80. The van der Waals surface area contributed by atoms with Gasteiger partial charge in [0.05, 0.1) is 6.61 Å².